The third kappa shape index (κ3) is 3.21. The first kappa shape index (κ1) is 13.3. The molecule has 18 heavy (non-hydrogen) atoms. The van der Waals surface area contributed by atoms with Crippen molar-refractivity contribution in [1.29, 1.82) is 0 Å². The lowest BCUT2D eigenvalue weighted by Gasteiger charge is -2.06. The number of aliphatic hydroxyl groups excluding tert-OH is 1. The van der Waals surface area contributed by atoms with Crippen LogP contribution in [0.15, 0.2) is 46.9 Å². The number of aliphatic hydroxyl groups is 1. The average Bonchev–Trinajstić information content (AvgIpc) is 2.40. The van der Waals surface area contributed by atoms with Crippen molar-refractivity contribution in [2.24, 2.45) is 0 Å². The summed E-state index contributed by atoms with van der Waals surface area (Å²) in [7, 11) is 0. The van der Waals surface area contributed by atoms with Gasteiger partial charge in [-0.1, -0.05) is 59.3 Å². The van der Waals surface area contributed by atoms with Crippen molar-refractivity contribution in [2.75, 3.05) is 0 Å². The molecule has 0 radical (unpaired) electrons. The Balaban J connectivity index is 2.15. The molecule has 0 atom stereocenters. The lowest BCUT2D eigenvalue weighted by Crippen LogP contribution is -1.92. The fourth-order valence-electron chi connectivity index (χ4n) is 1.96. The highest BCUT2D eigenvalue weighted by atomic mass is 79.9. The maximum absolute atomic E-state index is 9.13. The first-order chi connectivity index (χ1) is 8.72. The standard InChI is InChI=1S/C16H17BrO/c1-2-12-3-5-13(6-4-12)9-14-7-8-15(11-18)16(17)10-14/h3-8,10,18H,2,9,11H2,1H3. The van der Waals surface area contributed by atoms with Crippen molar-refractivity contribution in [2.45, 2.75) is 26.4 Å². The van der Waals surface area contributed by atoms with Gasteiger partial charge in [0.1, 0.15) is 0 Å². The molecule has 2 aromatic rings. The van der Waals surface area contributed by atoms with E-state index in [0.29, 0.717) is 0 Å². The molecule has 0 saturated carbocycles. The van der Waals surface area contributed by atoms with Crippen molar-refractivity contribution >= 4 is 15.9 Å². The predicted molar refractivity (Wildman–Crippen MR) is 78.7 cm³/mol. The number of hydrogen-bond acceptors (Lipinski definition) is 1. The summed E-state index contributed by atoms with van der Waals surface area (Å²) in [5.74, 6) is 0. The number of rotatable bonds is 4. The predicted octanol–water partition coefficient (Wildman–Crippen LogP) is 4.09. The fraction of sp³-hybridized carbons (Fsp3) is 0.250. The van der Waals surface area contributed by atoms with Crippen LogP contribution in [-0.2, 0) is 19.4 Å². The number of aryl methyl sites for hydroxylation is 1. The molecule has 0 fully saturated rings. The van der Waals surface area contributed by atoms with Crippen LogP contribution in [-0.4, -0.2) is 5.11 Å². The Labute approximate surface area is 117 Å². The summed E-state index contributed by atoms with van der Waals surface area (Å²) in [6.07, 6.45) is 2.01. The molecule has 0 aliphatic carbocycles. The van der Waals surface area contributed by atoms with Crippen molar-refractivity contribution in [3.63, 3.8) is 0 Å². The van der Waals surface area contributed by atoms with Crippen LogP contribution >= 0.6 is 15.9 Å². The fourth-order valence-corrected chi connectivity index (χ4v) is 2.51. The van der Waals surface area contributed by atoms with E-state index in [4.69, 9.17) is 5.11 Å². The Bertz CT molecular complexity index is 517. The summed E-state index contributed by atoms with van der Waals surface area (Å²) in [4.78, 5) is 0. The zero-order chi connectivity index (χ0) is 13.0. The smallest absolute Gasteiger partial charge is 0.0692 e. The first-order valence-electron chi connectivity index (χ1n) is 6.19. The van der Waals surface area contributed by atoms with Crippen molar-refractivity contribution in [3.05, 3.63) is 69.2 Å². The molecular formula is C16H17BrO. The van der Waals surface area contributed by atoms with Gasteiger partial charge in [-0.2, -0.15) is 0 Å². The van der Waals surface area contributed by atoms with Crippen LogP contribution in [0.4, 0.5) is 0 Å². The SMILES string of the molecule is CCc1ccc(Cc2ccc(CO)c(Br)c2)cc1. The number of hydrogen-bond donors (Lipinski definition) is 1. The molecule has 94 valence electrons. The average molecular weight is 305 g/mol. The minimum Gasteiger partial charge on any atom is -0.392 e. The second kappa shape index (κ2) is 6.17. The molecule has 1 nitrogen and oxygen atoms in total. The van der Waals surface area contributed by atoms with Crippen LogP contribution in [0.2, 0.25) is 0 Å². The molecule has 0 spiro atoms. The molecule has 0 saturated heterocycles. The molecule has 0 aliphatic heterocycles. The van der Waals surface area contributed by atoms with Crippen LogP contribution in [0.3, 0.4) is 0 Å². The van der Waals surface area contributed by atoms with Crippen LogP contribution in [0.1, 0.15) is 29.2 Å². The summed E-state index contributed by atoms with van der Waals surface area (Å²) in [5, 5.41) is 9.13. The second-order valence-electron chi connectivity index (χ2n) is 4.43. The van der Waals surface area contributed by atoms with Crippen LogP contribution in [0.5, 0.6) is 0 Å². The van der Waals surface area contributed by atoms with Gasteiger partial charge in [0, 0.05) is 4.47 Å². The van der Waals surface area contributed by atoms with Crippen molar-refractivity contribution < 1.29 is 5.11 Å². The minimum absolute atomic E-state index is 0.0755. The largest absolute Gasteiger partial charge is 0.392 e. The van der Waals surface area contributed by atoms with Crippen LogP contribution in [0, 0.1) is 0 Å². The minimum atomic E-state index is 0.0755. The molecule has 0 aromatic heterocycles. The molecular weight excluding hydrogens is 288 g/mol. The van der Waals surface area contributed by atoms with Gasteiger partial charge in [0.15, 0.2) is 0 Å². The normalized spacial score (nSPS) is 10.6. The summed E-state index contributed by atoms with van der Waals surface area (Å²) in [6, 6.07) is 14.9. The Morgan fingerprint density at radius 1 is 0.944 bits per heavy atom. The summed E-state index contributed by atoms with van der Waals surface area (Å²) in [5.41, 5.74) is 4.87. The number of halogens is 1. The molecule has 0 unspecified atom stereocenters. The lowest BCUT2D eigenvalue weighted by atomic mass is 10.0. The monoisotopic (exact) mass is 304 g/mol. The maximum Gasteiger partial charge on any atom is 0.0692 e. The van der Waals surface area contributed by atoms with Gasteiger partial charge in [-0.25, -0.2) is 0 Å². The summed E-state index contributed by atoms with van der Waals surface area (Å²) < 4.78 is 0.979. The zero-order valence-corrected chi connectivity index (χ0v) is 12.1. The quantitative estimate of drug-likeness (QED) is 0.902. The Kier molecular flexibility index (Phi) is 4.56. The van der Waals surface area contributed by atoms with Gasteiger partial charge < -0.3 is 5.11 Å². The third-order valence-corrected chi connectivity index (χ3v) is 3.87. The van der Waals surface area contributed by atoms with Gasteiger partial charge in [0.25, 0.3) is 0 Å². The molecule has 2 rings (SSSR count). The molecule has 1 N–H and O–H groups in total. The maximum atomic E-state index is 9.13. The van der Waals surface area contributed by atoms with E-state index in [1.807, 2.05) is 6.07 Å². The van der Waals surface area contributed by atoms with Gasteiger partial charge in [-0.3, -0.25) is 0 Å². The van der Waals surface area contributed by atoms with E-state index in [1.54, 1.807) is 0 Å². The van der Waals surface area contributed by atoms with E-state index < -0.39 is 0 Å². The van der Waals surface area contributed by atoms with Gasteiger partial charge in [-0.05, 0) is 41.2 Å². The molecule has 0 bridgehead atoms. The topological polar surface area (TPSA) is 20.2 Å². The Morgan fingerprint density at radius 3 is 2.11 bits per heavy atom. The highest BCUT2D eigenvalue weighted by Gasteiger charge is 2.02. The van der Waals surface area contributed by atoms with Gasteiger partial charge in [0.05, 0.1) is 6.61 Å². The molecule has 0 heterocycles. The van der Waals surface area contributed by atoms with Gasteiger partial charge in [0.2, 0.25) is 0 Å². The third-order valence-electron chi connectivity index (χ3n) is 3.13. The highest BCUT2D eigenvalue weighted by Crippen LogP contribution is 2.20. The van der Waals surface area contributed by atoms with E-state index >= 15 is 0 Å². The Hall–Kier alpha value is -1.12. The van der Waals surface area contributed by atoms with E-state index in [9.17, 15) is 0 Å². The van der Waals surface area contributed by atoms with E-state index in [0.717, 1.165) is 22.9 Å². The van der Waals surface area contributed by atoms with Crippen LogP contribution in [0.25, 0.3) is 0 Å². The lowest BCUT2D eigenvalue weighted by molar-refractivity contribution is 0.281. The van der Waals surface area contributed by atoms with E-state index in [2.05, 4.69) is 59.3 Å². The summed E-state index contributed by atoms with van der Waals surface area (Å²) in [6.45, 7) is 2.24. The van der Waals surface area contributed by atoms with E-state index in [1.165, 1.54) is 16.7 Å². The Morgan fingerprint density at radius 2 is 1.56 bits per heavy atom. The highest BCUT2D eigenvalue weighted by molar-refractivity contribution is 9.10. The molecule has 2 aromatic carbocycles. The first-order valence-corrected chi connectivity index (χ1v) is 6.98. The zero-order valence-electron chi connectivity index (χ0n) is 10.5. The summed E-state index contributed by atoms with van der Waals surface area (Å²) >= 11 is 3.48. The molecule has 2 heteroatoms. The second-order valence-corrected chi connectivity index (χ2v) is 5.29. The van der Waals surface area contributed by atoms with Gasteiger partial charge >= 0.3 is 0 Å². The van der Waals surface area contributed by atoms with Gasteiger partial charge in [-0.15, -0.1) is 0 Å². The van der Waals surface area contributed by atoms with Crippen molar-refractivity contribution in [1.82, 2.24) is 0 Å². The number of benzene rings is 2. The van der Waals surface area contributed by atoms with Crippen molar-refractivity contribution in [3.8, 4) is 0 Å². The molecule has 0 amide bonds. The van der Waals surface area contributed by atoms with E-state index in [-0.39, 0.29) is 6.61 Å². The van der Waals surface area contributed by atoms with Crippen LogP contribution < -0.4 is 0 Å². The molecule has 0 aliphatic rings.